The Bertz CT molecular complexity index is 725. The van der Waals surface area contributed by atoms with Crippen molar-refractivity contribution in [1.82, 2.24) is 4.98 Å². The van der Waals surface area contributed by atoms with E-state index in [1.165, 1.54) is 26.1 Å². The van der Waals surface area contributed by atoms with Gasteiger partial charge in [-0.3, -0.25) is 4.98 Å². The molecule has 2 heterocycles. The number of fused-ring (bicyclic) bond motifs is 1. The molecule has 0 spiro atoms. The van der Waals surface area contributed by atoms with Gasteiger partial charge in [0.25, 0.3) is 0 Å². The average molecular weight is 282 g/mol. The molecule has 1 aromatic carbocycles. The Balaban J connectivity index is 2.08. The Hall–Kier alpha value is -1.71. The monoisotopic (exact) mass is 282 g/mol. The molecule has 1 unspecified atom stereocenters. The summed E-state index contributed by atoms with van der Waals surface area (Å²) in [4.78, 5) is 6.75. The van der Waals surface area contributed by atoms with Crippen LogP contribution in [0.4, 0.5) is 0 Å². The van der Waals surface area contributed by atoms with Crippen LogP contribution in [0, 0.1) is 5.92 Å². The van der Waals surface area contributed by atoms with Crippen molar-refractivity contribution >= 4 is 22.1 Å². The molecule has 3 aromatic rings. The topological polar surface area (TPSA) is 38.9 Å². The first-order valence-electron chi connectivity index (χ1n) is 6.85. The third-order valence-electron chi connectivity index (χ3n) is 3.62. The normalized spacial score (nSPS) is 13.0. The summed E-state index contributed by atoms with van der Waals surface area (Å²) >= 11 is 1.78. The van der Waals surface area contributed by atoms with Crippen molar-refractivity contribution in [1.29, 1.82) is 0 Å². The number of hydrogen-bond donors (Lipinski definition) is 1. The first kappa shape index (κ1) is 13.3. The van der Waals surface area contributed by atoms with Crippen LogP contribution in [0.2, 0.25) is 0 Å². The van der Waals surface area contributed by atoms with E-state index in [0.717, 1.165) is 0 Å². The van der Waals surface area contributed by atoms with Crippen LogP contribution < -0.4 is 5.73 Å². The number of aromatic nitrogens is 1. The number of thiophene rings is 1. The van der Waals surface area contributed by atoms with Crippen LogP contribution in [0.15, 0.2) is 48.8 Å². The van der Waals surface area contributed by atoms with Gasteiger partial charge in [-0.05, 0) is 29.5 Å². The first-order chi connectivity index (χ1) is 9.66. The van der Waals surface area contributed by atoms with Crippen LogP contribution >= 0.6 is 11.3 Å². The molecule has 0 fully saturated rings. The largest absolute Gasteiger partial charge is 0.323 e. The fraction of sp³-hybridized carbons (Fsp3) is 0.235. The minimum atomic E-state index is 0.113. The Morgan fingerprint density at radius 2 is 1.95 bits per heavy atom. The highest BCUT2D eigenvalue weighted by atomic mass is 32.1. The van der Waals surface area contributed by atoms with Crippen molar-refractivity contribution in [2.24, 2.45) is 11.7 Å². The fourth-order valence-electron chi connectivity index (χ4n) is 2.33. The van der Waals surface area contributed by atoms with Gasteiger partial charge in [0.05, 0.1) is 0 Å². The molecular formula is C17H18N2S. The van der Waals surface area contributed by atoms with E-state index >= 15 is 0 Å². The molecule has 0 aliphatic carbocycles. The highest BCUT2D eigenvalue weighted by Crippen LogP contribution is 2.36. The summed E-state index contributed by atoms with van der Waals surface area (Å²) in [6.45, 7) is 4.32. The second-order valence-corrected chi connectivity index (χ2v) is 6.49. The van der Waals surface area contributed by atoms with Gasteiger partial charge in [-0.25, -0.2) is 0 Å². The molecule has 1 atom stereocenters. The van der Waals surface area contributed by atoms with E-state index in [9.17, 15) is 0 Å². The number of nitrogens with two attached hydrogens (primary N) is 1. The molecule has 3 heteroatoms. The first-order valence-corrected chi connectivity index (χ1v) is 7.67. The van der Waals surface area contributed by atoms with Gasteiger partial charge >= 0.3 is 0 Å². The smallest absolute Gasteiger partial charge is 0.0413 e. The van der Waals surface area contributed by atoms with Gasteiger partial charge in [0.1, 0.15) is 0 Å². The Morgan fingerprint density at radius 1 is 1.10 bits per heavy atom. The standard InChI is InChI=1S/C17H18N2S/c1-11(2)17(18)16-7-6-15(20-16)13-5-3-4-12-8-9-19-10-14(12)13/h3-11,17H,18H2,1-2H3. The van der Waals surface area contributed by atoms with E-state index in [1.54, 1.807) is 11.3 Å². The van der Waals surface area contributed by atoms with Crippen molar-refractivity contribution in [2.75, 3.05) is 0 Å². The SMILES string of the molecule is CC(C)C(N)c1ccc(-c2cccc3ccncc23)s1. The number of rotatable bonds is 3. The molecule has 0 amide bonds. The molecule has 2 N–H and O–H groups in total. The maximum Gasteiger partial charge on any atom is 0.0413 e. The molecule has 2 nitrogen and oxygen atoms in total. The quantitative estimate of drug-likeness (QED) is 0.761. The predicted octanol–water partition coefficient (Wildman–Crippen LogP) is 4.62. The lowest BCUT2D eigenvalue weighted by atomic mass is 10.0. The third-order valence-corrected chi connectivity index (χ3v) is 4.84. The Kier molecular flexibility index (Phi) is 3.55. The van der Waals surface area contributed by atoms with Crippen molar-refractivity contribution in [2.45, 2.75) is 19.9 Å². The fourth-order valence-corrected chi connectivity index (χ4v) is 3.56. The van der Waals surface area contributed by atoms with Crippen LogP contribution in [0.25, 0.3) is 21.2 Å². The van der Waals surface area contributed by atoms with Crippen molar-refractivity contribution in [3.8, 4) is 10.4 Å². The number of benzene rings is 1. The summed E-state index contributed by atoms with van der Waals surface area (Å²) in [6.07, 6.45) is 3.77. The Labute approximate surface area is 123 Å². The van der Waals surface area contributed by atoms with Gasteiger partial charge in [-0.2, -0.15) is 0 Å². The molecule has 0 saturated heterocycles. The lowest BCUT2D eigenvalue weighted by molar-refractivity contribution is 0.521. The van der Waals surface area contributed by atoms with Crippen LogP contribution in [0.3, 0.4) is 0 Å². The Morgan fingerprint density at radius 3 is 2.75 bits per heavy atom. The van der Waals surface area contributed by atoms with E-state index in [0.29, 0.717) is 5.92 Å². The number of nitrogens with zero attached hydrogens (tertiary/aromatic N) is 1. The molecule has 0 aliphatic heterocycles. The summed E-state index contributed by atoms with van der Waals surface area (Å²) in [5.74, 6) is 0.454. The molecular weight excluding hydrogens is 264 g/mol. The van der Waals surface area contributed by atoms with Crippen LogP contribution in [-0.2, 0) is 0 Å². The highest BCUT2D eigenvalue weighted by Gasteiger charge is 2.14. The summed E-state index contributed by atoms with van der Waals surface area (Å²) in [5, 5.41) is 2.42. The van der Waals surface area contributed by atoms with Crippen LogP contribution in [0.1, 0.15) is 24.8 Å². The van der Waals surface area contributed by atoms with Gasteiger partial charge in [-0.15, -0.1) is 11.3 Å². The van der Waals surface area contributed by atoms with E-state index < -0.39 is 0 Å². The minimum absolute atomic E-state index is 0.113. The molecule has 0 radical (unpaired) electrons. The summed E-state index contributed by atoms with van der Waals surface area (Å²) in [7, 11) is 0. The van der Waals surface area contributed by atoms with E-state index in [-0.39, 0.29) is 6.04 Å². The molecule has 0 saturated carbocycles. The number of pyridine rings is 1. The zero-order valence-corrected chi connectivity index (χ0v) is 12.5. The van der Waals surface area contributed by atoms with Gasteiger partial charge < -0.3 is 5.73 Å². The second kappa shape index (κ2) is 5.35. The molecule has 102 valence electrons. The van der Waals surface area contributed by atoms with E-state index in [1.807, 2.05) is 18.5 Å². The zero-order valence-electron chi connectivity index (χ0n) is 11.7. The van der Waals surface area contributed by atoms with Crippen LogP contribution in [0.5, 0.6) is 0 Å². The van der Waals surface area contributed by atoms with Crippen molar-refractivity contribution < 1.29 is 0 Å². The van der Waals surface area contributed by atoms with Crippen molar-refractivity contribution in [3.63, 3.8) is 0 Å². The molecule has 2 aromatic heterocycles. The predicted molar refractivity (Wildman–Crippen MR) is 86.8 cm³/mol. The maximum absolute atomic E-state index is 6.24. The van der Waals surface area contributed by atoms with E-state index in [2.05, 4.69) is 49.2 Å². The second-order valence-electron chi connectivity index (χ2n) is 5.37. The van der Waals surface area contributed by atoms with Gasteiger partial charge in [0, 0.05) is 39.1 Å². The molecule has 3 rings (SSSR count). The lowest BCUT2D eigenvalue weighted by Crippen LogP contribution is -2.14. The summed E-state index contributed by atoms with van der Waals surface area (Å²) < 4.78 is 0. The van der Waals surface area contributed by atoms with Crippen LogP contribution in [-0.4, -0.2) is 4.98 Å². The third kappa shape index (κ3) is 2.35. The van der Waals surface area contributed by atoms with E-state index in [4.69, 9.17) is 5.73 Å². The average Bonchev–Trinajstić information content (AvgIpc) is 2.95. The molecule has 0 bridgehead atoms. The van der Waals surface area contributed by atoms with Crippen molar-refractivity contribution in [3.05, 3.63) is 53.7 Å². The van der Waals surface area contributed by atoms with Gasteiger partial charge in [0.2, 0.25) is 0 Å². The summed E-state index contributed by atoms with van der Waals surface area (Å²) in [5.41, 5.74) is 7.48. The highest BCUT2D eigenvalue weighted by molar-refractivity contribution is 7.15. The lowest BCUT2D eigenvalue weighted by Gasteiger charge is -2.13. The zero-order chi connectivity index (χ0) is 14.1. The van der Waals surface area contributed by atoms with Gasteiger partial charge in [-0.1, -0.05) is 32.0 Å². The molecule has 20 heavy (non-hydrogen) atoms. The summed E-state index contributed by atoms with van der Waals surface area (Å²) in [6, 6.07) is 12.9. The maximum atomic E-state index is 6.24. The number of hydrogen-bond acceptors (Lipinski definition) is 3. The molecule has 0 aliphatic rings. The minimum Gasteiger partial charge on any atom is -0.323 e. The van der Waals surface area contributed by atoms with Gasteiger partial charge in [0.15, 0.2) is 0 Å².